The van der Waals surface area contributed by atoms with Crippen molar-refractivity contribution in [3.63, 3.8) is 0 Å². The van der Waals surface area contributed by atoms with E-state index in [1.165, 1.54) is 43.7 Å². The molecule has 0 saturated heterocycles. The van der Waals surface area contributed by atoms with Crippen molar-refractivity contribution in [1.29, 1.82) is 0 Å². The number of nitrogens with one attached hydrogen (secondary N) is 2. The average Bonchev–Trinajstić information content (AvgIpc) is 3.19. The zero-order valence-electron chi connectivity index (χ0n) is 15.3. The summed E-state index contributed by atoms with van der Waals surface area (Å²) in [5.74, 6) is -0.144. The minimum absolute atomic E-state index is 0.100. The number of amides is 1. The standard InChI is InChI=1S/C18H21N3O5S2/c1-19-18(23)21-28(24,25)16-12-13(5-7-15(16)26-2)9-10-20-17(22)8-6-14-4-3-11-27-14/h3-8,11-12H,9-10H2,1-2H3,(H,20,22)(H2,19,21,23)/p-1/b8-6+. The summed E-state index contributed by atoms with van der Waals surface area (Å²) < 4.78 is 31.6. The van der Waals surface area contributed by atoms with E-state index >= 15 is 0 Å². The van der Waals surface area contributed by atoms with Gasteiger partial charge in [0.25, 0.3) is 10.0 Å². The minimum atomic E-state index is -4.13. The van der Waals surface area contributed by atoms with E-state index in [1.807, 2.05) is 22.2 Å². The van der Waals surface area contributed by atoms with E-state index in [1.54, 1.807) is 12.1 Å². The van der Waals surface area contributed by atoms with Gasteiger partial charge < -0.3 is 15.2 Å². The quantitative estimate of drug-likeness (QED) is 0.370. The lowest BCUT2D eigenvalue weighted by Gasteiger charge is -2.16. The van der Waals surface area contributed by atoms with E-state index in [9.17, 15) is 18.3 Å². The number of hydrogen-bond donors (Lipinski definition) is 2. The number of nitrogens with zero attached hydrogens (tertiary/aromatic N) is 1. The largest absolute Gasteiger partial charge is 0.846 e. The number of rotatable bonds is 8. The summed E-state index contributed by atoms with van der Waals surface area (Å²) >= 11 is 1.53. The van der Waals surface area contributed by atoms with E-state index in [2.05, 4.69) is 10.3 Å². The fraction of sp³-hybridized carbons (Fsp3) is 0.222. The van der Waals surface area contributed by atoms with Crippen LogP contribution < -0.4 is 19.9 Å². The Morgan fingerprint density at radius 3 is 2.79 bits per heavy atom. The van der Waals surface area contributed by atoms with Gasteiger partial charge in [-0.2, -0.15) is 0 Å². The van der Waals surface area contributed by atoms with Crippen LogP contribution >= 0.6 is 11.3 Å². The molecular formula is C18H20N3O5S2-. The van der Waals surface area contributed by atoms with Gasteiger partial charge in [0.2, 0.25) is 5.91 Å². The molecule has 0 bridgehead atoms. The van der Waals surface area contributed by atoms with Crippen molar-refractivity contribution in [2.45, 2.75) is 11.3 Å². The molecule has 2 aromatic rings. The highest BCUT2D eigenvalue weighted by Crippen LogP contribution is 2.25. The summed E-state index contributed by atoms with van der Waals surface area (Å²) in [6, 6.07) is 7.41. The average molecular weight is 423 g/mol. The monoisotopic (exact) mass is 422 g/mol. The van der Waals surface area contributed by atoms with Crippen LogP contribution in [0.1, 0.15) is 10.4 Å². The molecule has 0 atom stereocenters. The number of amidine groups is 1. The van der Waals surface area contributed by atoms with Crippen LogP contribution in [0.25, 0.3) is 6.08 Å². The topological polar surface area (TPSA) is 120 Å². The maximum absolute atomic E-state index is 12.4. The second kappa shape index (κ2) is 9.90. The predicted molar refractivity (Wildman–Crippen MR) is 107 cm³/mol. The Morgan fingerprint density at radius 1 is 1.36 bits per heavy atom. The number of sulfonamides is 1. The third kappa shape index (κ3) is 6.10. The Labute approximate surface area is 167 Å². The molecule has 0 aliphatic rings. The first-order chi connectivity index (χ1) is 13.4. The Balaban J connectivity index is 2.03. The lowest BCUT2D eigenvalue weighted by atomic mass is 10.1. The van der Waals surface area contributed by atoms with Crippen LogP contribution in [0.2, 0.25) is 0 Å². The first-order valence-corrected chi connectivity index (χ1v) is 10.5. The molecule has 1 amide bonds. The van der Waals surface area contributed by atoms with Crippen LogP contribution in [0, 0.1) is 0 Å². The molecule has 0 spiro atoms. The molecule has 0 aliphatic heterocycles. The van der Waals surface area contributed by atoms with Gasteiger partial charge in [-0.05, 0) is 41.6 Å². The molecule has 0 saturated carbocycles. The number of carbonyl (C=O) groups is 1. The summed E-state index contributed by atoms with van der Waals surface area (Å²) in [5, 5.41) is 16.0. The van der Waals surface area contributed by atoms with Crippen molar-refractivity contribution in [3.8, 4) is 5.75 Å². The molecule has 2 N–H and O–H groups in total. The van der Waals surface area contributed by atoms with Gasteiger partial charge in [0.1, 0.15) is 10.6 Å². The van der Waals surface area contributed by atoms with Crippen molar-refractivity contribution in [3.05, 3.63) is 52.2 Å². The van der Waals surface area contributed by atoms with Crippen molar-refractivity contribution in [1.82, 2.24) is 10.0 Å². The van der Waals surface area contributed by atoms with Crippen LogP contribution in [0.4, 0.5) is 0 Å². The molecule has 1 aromatic carbocycles. The molecule has 10 heteroatoms. The number of carbonyl (C=O) groups excluding carboxylic acids is 1. The summed E-state index contributed by atoms with van der Waals surface area (Å²) in [7, 11) is -1.61. The number of methoxy groups -OCH3 is 1. The number of hydrogen-bond acceptors (Lipinski definition) is 7. The van der Waals surface area contributed by atoms with Gasteiger partial charge in [-0.25, -0.2) is 8.42 Å². The van der Waals surface area contributed by atoms with Crippen LogP contribution in [-0.2, 0) is 21.2 Å². The molecule has 2 rings (SSSR count). The van der Waals surface area contributed by atoms with E-state index in [0.29, 0.717) is 18.5 Å². The number of ether oxygens (including phenoxy) is 1. The first-order valence-electron chi connectivity index (χ1n) is 8.18. The summed E-state index contributed by atoms with van der Waals surface area (Å²) in [5.41, 5.74) is 0.657. The van der Waals surface area contributed by atoms with Gasteiger partial charge in [-0.15, -0.1) is 11.3 Å². The van der Waals surface area contributed by atoms with Crippen molar-refractivity contribution < 1.29 is 23.1 Å². The van der Waals surface area contributed by atoms with Crippen molar-refractivity contribution in [2.75, 3.05) is 20.7 Å². The van der Waals surface area contributed by atoms with Crippen LogP contribution in [0.3, 0.4) is 0 Å². The van der Waals surface area contributed by atoms with E-state index < -0.39 is 16.0 Å². The zero-order chi connectivity index (χ0) is 20.6. The van der Waals surface area contributed by atoms with Crippen molar-refractivity contribution >= 4 is 39.4 Å². The fourth-order valence-corrected chi connectivity index (χ4v) is 4.01. The third-order valence-corrected chi connectivity index (χ3v) is 5.78. The van der Waals surface area contributed by atoms with E-state index in [0.717, 1.165) is 4.88 Å². The maximum Gasteiger partial charge on any atom is 0.265 e. The van der Waals surface area contributed by atoms with Gasteiger partial charge in [0, 0.05) is 24.5 Å². The molecule has 0 unspecified atom stereocenters. The highest BCUT2D eigenvalue weighted by molar-refractivity contribution is 7.90. The van der Waals surface area contributed by atoms with E-state index in [-0.39, 0.29) is 16.6 Å². The highest BCUT2D eigenvalue weighted by atomic mass is 32.2. The zero-order valence-corrected chi connectivity index (χ0v) is 17.0. The minimum Gasteiger partial charge on any atom is -0.846 e. The molecule has 0 radical (unpaired) electrons. The van der Waals surface area contributed by atoms with Gasteiger partial charge in [0.05, 0.1) is 13.1 Å². The number of benzene rings is 1. The van der Waals surface area contributed by atoms with Crippen LogP contribution in [0.15, 0.2) is 51.7 Å². The Hall–Kier alpha value is -2.85. The molecule has 0 aliphatic carbocycles. The molecule has 1 aromatic heterocycles. The molecule has 28 heavy (non-hydrogen) atoms. The lowest BCUT2D eigenvalue weighted by molar-refractivity contribution is -0.219. The second-order valence-corrected chi connectivity index (χ2v) is 8.14. The Morgan fingerprint density at radius 2 is 2.14 bits per heavy atom. The summed E-state index contributed by atoms with van der Waals surface area (Å²) in [4.78, 5) is 15.9. The summed E-state index contributed by atoms with van der Waals surface area (Å²) in [6.45, 7) is 0.316. The van der Waals surface area contributed by atoms with Gasteiger partial charge in [-0.3, -0.25) is 14.5 Å². The molecule has 150 valence electrons. The molecule has 0 fully saturated rings. The second-order valence-electron chi connectivity index (χ2n) is 5.51. The SMILES string of the molecule is CN=C([O-])NS(=O)(=O)c1cc(CCNC(=O)/C=C/c2cccs2)ccc1OC. The van der Waals surface area contributed by atoms with Gasteiger partial charge in [0.15, 0.2) is 0 Å². The summed E-state index contributed by atoms with van der Waals surface area (Å²) in [6.07, 6.45) is 3.57. The fourth-order valence-electron chi connectivity index (χ4n) is 2.24. The number of aliphatic imine (C=N–C) groups is 1. The molecule has 8 nitrogen and oxygen atoms in total. The first kappa shape index (κ1) is 21.5. The highest BCUT2D eigenvalue weighted by Gasteiger charge is 2.19. The third-order valence-electron chi connectivity index (χ3n) is 3.60. The van der Waals surface area contributed by atoms with E-state index in [4.69, 9.17) is 4.74 Å². The number of thiophene rings is 1. The smallest absolute Gasteiger partial charge is 0.265 e. The predicted octanol–water partition coefficient (Wildman–Crippen LogP) is 0.753. The van der Waals surface area contributed by atoms with Gasteiger partial charge >= 0.3 is 0 Å². The molecular weight excluding hydrogens is 402 g/mol. The maximum atomic E-state index is 12.4. The Bertz CT molecular complexity index is 967. The normalized spacial score (nSPS) is 12.1. The lowest BCUT2D eigenvalue weighted by Crippen LogP contribution is -2.39. The van der Waals surface area contributed by atoms with Crippen LogP contribution in [0.5, 0.6) is 5.75 Å². The van der Waals surface area contributed by atoms with Gasteiger partial charge in [-0.1, -0.05) is 12.1 Å². The van der Waals surface area contributed by atoms with Crippen molar-refractivity contribution in [2.24, 2.45) is 4.99 Å². The Kier molecular flexibility index (Phi) is 7.59. The van der Waals surface area contributed by atoms with Crippen LogP contribution in [-0.4, -0.2) is 41.0 Å². The molecule has 1 heterocycles.